The highest BCUT2D eigenvalue weighted by molar-refractivity contribution is 7.80. The lowest BCUT2D eigenvalue weighted by Gasteiger charge is -2.38. The Morgan fingerprint density at radius 3 is 2.69 bits per heavy atom. The Balaban J connectivity index is 1.46. The average molecular weight is 619 g/mol. The van der Waals surface area contributed by atoms with Gasteiger partial charge in [-0.25, -0.2) is 18.6 Å². The van der Waals surface area contributed by atoms with Gasteiger partial charge in [0.2, 0.25) is 0 Å². The number of piperazine rings is 1. The third-order valence-electron chi connectivity index (χ3n) is 7.90. The number of nitrogens with zero attached hydrogens (tertiary/aromatic N) is 5. The van der Waals surface area contributed by atoms with Crippen molar-refractivity contribution in [1.29, 1.82) is 0 Å². The molecule has 0 bridgehead atoms. The van der Waals surface area contributed by atoms with Gasteiger partial charge in [0.15, 0.2) is 27.6 Å². The molecule has 14 heteroatoms. The van der Waals surface area contributed by atoms with Crippen LogP contribution in [0.2, 0.25) is 0 Å². The van der Waals surface area contributed by atoms with E-state index >= 15 is 0 Å². The number of hydrogen-bond acceptors (Lipinski definition) is 9. The van der Waals surface area contributed by atoms with E-state index in [1.165, 1.54) is 31.4 Å². The van der Waals surface area contributed by atoms with Gasteiger partial charge >= 0.3 is 11.9 Å². The zero-order chi connectivity index (χ0) is 30.3. The third kappa shape index (κ3) is 5.62. The lowest BCUT2D eigenvalue weighted by Crippen LogP contribution is -2.53. The van der Waals surface area contributed by atoms with Crippen LogP contribution in [0.15, 0.2) is 40.0 Å². The summed E-state index contributed by atoms with van der Waals surface area (Å²) in [5.41, 5.74) is 0.200. The molecule has 3 aliphatic rings. The number of aliphatic carboxylic acids is 1. The second kappa shape index (κ2) is 11.7. The van der Waals surface area contributed by atoms with Gasteiger partial charge in [-0.2, -0.15) is 0 Å². The molecule has 1 aromatic heterocycles. The summed E-state index contributed by atoms with van der Waals surface area (Å²) in [4.78, 5) is 40.3. The van der Waals surface area contributed by atoms with Crippen molar-refractivity contribution in [3.05, 3.63) is 62.7 Å². The third-order valence-corrected chi connectivity index (χ3v) is 9.18. The van der Waals surface area contributed by atoms with Crippen LogP contribution in [-0.2, 0) is 14.3 Å². The number of fused-ring (bicyclic) bond motifs is 1. The monoisotopic (exact) mass is 618 g/mol. The van der Waals surface area contributed by atoms with Gasteiger partial charge in [0.1, 0.15) is 6.04 Å². The van der Waals surface area contributed by atoms with E-state index in [9.17, 15) is 23.5 Å². The normalized spacial score (nSPS) is 21.3. The molecule has 2 fully saturated rings. The van der Waals surface area contributed by atoms with Crippen LogP contribution in [0.5, 0.6) is 0 Å². The first-order valence-corrected chi connectivity index (χ1v) is 14.7. The van der Waals surface area contributed by atoms with Gasteiger partial charge in [-0.15, -0.1) is 11.3 Å². The molecule has 224 valence electrons. The molecule has 2 unspecified atom stereocenters. The second-order valence-corrected chi connectivity index (χ2v) is 12.5. The molecule has 2 aromatic rings. The zero-order valence-electron chi connectivity index (χ0n) is 23.7. The molecule has 4 heterocycles. The van der Waals surface area contributed by atoms with Gasteiger partial charge in [0.25, 0.3) is 0 Å². The zero-order valence-corrected chi connectivity index (χ0v) is 25.3. The van der Waals surface area contributed by atoms with Crippen LogP contribution in [0.3, 0.4) is 0 Å². The Labute approximate surface area is 251 Å². The number of carboxylic acids is 1. The predicted octanol–water partition coefficient (Wildman–Crippen LogP) is 2.95. The first-order valence-electron chi connectivity index (χ1n) is 13.4. The highest BCUT2D eigenvalue weighted by Crippen LogP contribution is 2.36. The van der Waals surface area contributed by atoms with Gasteiger partial charge in [-0.1, -0.05) is 6.07 Å². The maximum atomic E-state index is 14.7. The van der Waals surface area contributed by atoms with Crippen molar-refractivity contribution in [3.8, 4) is 0 Å². The van der Waals surface area contributed by atoms with Crippen molar-refractivity contribution in [2.45, 2.75) is 32.9 Å². The first-order chi connectivity index (χ1) is 19.9. The minimum atomic E-state index is -0.994. The molecule has 0 radical (unpaired) electrons. The minimum absolute atomic E-state index is 0.0398. The van der Waals surface area contributed by atoms with E-state index in [1.807, 2.05) is 4.90 Å². The van der Waals surface area contributed by atoms with Crippen molar-refractivity contribution in [1.82, 2.24) is 25.0 Å². The number of benzene rings is 1. The summed E-state index contributed by atoms with van der Waals surface area (Å²) in [6.07, 6.45) is 1.64. The van der Waals surface area contributed by atoms with Crippen LogP contribution in [-0.4, -0.2) is 100 Å². The molecule has 10 nitrogen and oxygen atoms in total. The van der Waals surface area contributed by atoms with Crippen LogP contribution >= 0.6 is 23.6 Å². The van der Waals surface area contributed by atoms with Crippen molar-refractivity contribution < 1.29 is 28.2 Å². The summed E-state index contributed by atoms with van der Waals surface area (Å²) in [7, 11) is 1.27. The number of aliphatic imine (C=N–C) groups is 1. The fourth-order valence-corrected chi connectivity index (χ4v) is 6.56. The first kappa shape index (κ1) is 30.0. The standard InChI is InChI=1S/C28H32F2N6O4S2/c1-15-17(5-6-18(29)21(15)30)22-20(25(37)40-4)19(32-23(33-22)24-31-7-10-42-24)13-34-8-9-36-16(11-34)12-35(27(36)41)14-28(2,3)26(38)39/h5-7,10,16,22H,8-9,11-14H2,1-4H3,(H,32,33)(H,38,39). The Hall–Kier alpha value is -3.49. The van der Waals surface area contributed by atoms with Crippen molar-refractivity contribution in [2.75, 3.05) is 46.4 Å². The molecular weight excluding hydrogens is 586 g/mol. The molecule has 0 saturated carbocycles. The smallest absolute Gasteiger partial charge is 0.338 e. The number of carbonyl (C=O) groups excluding carboxylic acids is 1. The average Bonchev–Trinajstić information content (AvgIpc) is 3.59. The summed E-state index contributed by atoms with van der Waals surface area (Å²) in [5, 5.41) is 15.9. The van der Waals surface area contributed by atoms with Crippen LogP contribution < -0.4 is 5.32 Å². The van der Waals surface area contributed by atoms with Gasteiger partial charge in [-0.3, -0.25) is 14.7 Å². The summed E-state index contributed by atoms with van der Waals surface area (Å²) in [6.45, 7) is 7.92. The number of halogens is 2. The Kier molecular flexibility index (Phi) is 8.32. The van der Waals surface area contributed by atoms with Crippen molar-refractivity contribution in [3.63, 3.8) is 0 Å². The molecule has 1 aromatic carbocycles. The van der Waals surface area contributed by atoms with Gasteiger partial charge in [0.05, 0.1) is 24.1 Å². The lowest BCUT2D eigenvalue weighted by molar-refractivity contribution is -0.147. The highest BCUT2D eigenvalue weighted by atomic mass is 32.1. The number of aromatic nitrogens is 1. The molecule has 2 atom stereocenters. The summed E-state index contributed by atoms with van der Waals surface area (Å²) >= 11 is 7.06. The number of thiazole rings is 1. The number of nitrogens with one attached hydrogen (secondary N) is 1. The Morgan fingerprint density at radius 2 is 2.02 bits per heavy atom. The van der Waals surface area contributed by atoms with Gasteiger partial charge in [0, 0.05) is 56.5 Å². The number of rotatable bonds is 8. The molecule has 2 saturated heterocycles. The van der Waals surface area contributed by atoms with E-state index in [1.54, 1.807) is 25.4 Å². The quantitative estimate of drug-likeness (QED) is 0.339. The number of carboxylic acid groups (broad SMARTS) is 1. The number of hydrogen-bond donors (Lipinski definition) is 2. The number of thiocarbonyl (C=S) groups is 1. The van der Waals surface area contributed by atoms with E-state index < -0.39 is 35.0 Å². The van der Waals surface area contributed by atoms with Crippen molar-refractivity contribution in [2.24, 2.45) is 10.4 Å². The Bertz CT molecular complexity index is 1480. The fourth-order valence-electron chi connectivity index (χ4n) is 5.59. The largest absolute Gasteiger partial charge is 0.481 e. The molecule has 42 heavy (non-hydrogen) atoms. The Morgan fingerprint density at radius 1 is 1.26 bits per heavy atom. The maximum Gasteiger partial charge on any atom is 0.338 e. The number of methoxy groups -OCH3 is 1. The number of amidine groups is 1. The van der Waals surface area contributed by atoms with Crippen LogP contribution in [0.25, 0.3) is 0 Å². The summed E-state index contributed by atoms with van der Waals surface area (Å²) in [5.74, 6) is -3.06. The second-order valence-electron chi connectivity index (χ2n) is 11.2. The fraction of sp³-hybridized carbons (Fsp3) is 0.464. The summed E-state index contributed by atoms with van der Waals surface area (Å²) in [6, 6.07) is 1.57. The molecule has 0 aliphatic carbocycles. The van der Waals surface area contributed by atoms with E-state index in [0.29, 0.717) is 66.5 Å². The van der Waals surface area contributed by atoms with E-state index in [4.69, 9.17) is 21.9 Å². The molecular formula is C28H32F2N6O4S2. The number of ether oxygens (including phenoxy) is 1. The molecule has 0 spiro atoms. The topological polar surface area (TPSA) is 111 Å². The van der Waals surface area contributed by atoms with Crippen molar-refractivity contribution >= 4 is 46.4 Å². The van der Waals surface area contributed by atoms with E-state index in [-0.39, 0.29) is 17.2 Å². The number of esters is 1. The maximum absolute atomic E-state index is 14.7. The predicted molar refractivity (Wildman–Crippen MR) is 157 cm³/mol. The van der Waals surface area contributed by atoms with E-state index in [2.05, 4.69) is 20.1 Å². The SMILES string of the molecule is COC(=O)C1=C(CN2CCN3C(=S)N(CC(C)(C)C(=O)O)CC3C2)NC(c2nccs2)=NC1c1ccc(F)c(F)c1C. The summed E-state index contributed by atoms with van der Waals surface area (Å²) < 4.78 is 33.9. The van der Waals surface area contributed by atoms with Crippen LogP contribution in [0, 0.1) is 24.0 Å². The van der Waals surface area contributed by atoms with E-state index in [0.717, 1.165) is 6.07 Å². The molecule has 3 aliphatic heterocycles. The van der Waals surface area contributed by atoms with Crippen LogP contribution in [0.4, 0.5) is 8.78 Å². The number of carbonyl (C=O) groups is 2. The molecule has 0 amide bonds. The molecule has 5 rings (SSSR count). The van der Waals surface area contributed by atoms with Gasteiger partial charge in [-0.05, 0) is 50.2 Å². The lowest BCUT2D eigenvalue weighted by atomic mass is 9.92. The minimum Gasteiger partial charge on any atom is -0.481 e. The van der Waals surface area contributed by atoms with Crippen LogP contribution in [0.1, 0.15) is 36.0 Å². The van der Waals surface area contributed by atoms with Gasteiger partial charge < -0.3 is 25.0 Å². The highest BCUT2D eigenvalue weighted by Gasteiger charge is 2.42. The molecule has 2 N–H and O–H groups in total.